The van der Waals surface area contributed by atoms with Gasteiger partial charge in [0.1, 0.15) is 0 Å². The first kappa shape index (κ1) is 45.6. The Morgan fingerprint density at radius 2 is 1.04 bits per heavy atom. The second-order valence-electron chi connectivity index (χ2n) is 15.7. The van der Waals surface area contributed by atoms with Crippen molar-refractivity contribution < 1.29 is 9.73 Å². The molecule has 3 rings (SSSR count). The molecule has 7 heteroatoms. The van der Waals surface area contributed by atoms with Gasteiger partial charge in [0.2, 0.25) is 5.69 Å². The fourth-order valence-corrected chi connectivity index (χ4v) is 13.7. The van der Waals surface area contributed by atoms with Gasteiger partial charge >= 0.3 is 48.9 Å². The second-order valence-corrected chi connectivity index (χ2v) is 25.3. The van der Waals surface area contributed by atoms with E-state index in [9.17, 15) is 0 Å². The van der Waals surface area contributed by atoms with Crippen LogP contribution in [0.3, 0.4) is 0 Å². The normalized spacial score (nSPS) is 14.2. The third-order valence-corrected chi connectivity index (χ3v) is 12.6. The van der Waals surface area contributed by atoms with Gasteiger partial charge in [-0.2, -0.15) is 5.70 Å². The molecule has 0 atom stereocenters. The molecule has 0 amide bonds. The van der Waals surface area contributed by atoms with Crippen molar-refractivity contribution in [3.05, 3.63) is 80.4 Å². The molecule has 1 aliphatic heterocycles. The van der Waals surface area contributed by atoms with Gasteiger partial charge in [-0.1, -0.05) is 166 Å². The van der Waals surface area contributed by atoms with Gasteiger partial charge in [-0.3, -0.25) is 0 Å². The molecule has 0 aliphatic carbocycles. The molecule has 254 valence electrons. The number of para-hydroxylation sites is 2. The van der Waals surface area contributed by atoms with Crippen molar-refractivity contribution in [2.75, 3.05) is 13.2 Å². The van der Waals surface area contributed by atoms with E-state index in [0.29, 0.717) is 23.7 Å². The van der Waals surface area contributed by atoms with Crippen LogP contribution < -0.4 is 4.99 Å². The molecular weight excluding hydrogens is 720 g/mol. The summed E-state index contributed by atoms with van der Waals surface area (Å²) in [7, 11) is -2.21. The zero-order valence-electron chi connectivity index (χ0n) is 32.7. The van der Waals surface area contributed by atoms with Gasteiger partial charge < -0.3 is 14.7 Å². The number of nitrogens with one attached hydrogen (secondary N) is 1. The van der Waals surface area contributed by atoms with Crippen LogP contribution in [0.25, 0.3) is 9.96 Å². The minimum atomic E-state index is -1.11. The predicted octanol–water partition coefficient (Wildman–Crippen LogP) is 11.4. The van der Waals surface area contributed by atoms with E-state index < -0.39 is 16.5 Å². The summed E-state index contributed by atoms with van der Waals surface area (Å²) in [5.41, 5.74) is 9.88. The van der Waals surface area contributed by atoms with Crippen molar-refractivity contribution >= 4 is 82.4 Å². The molecule has 1 heterocycles. The second kappa shape index (κ2) is 21.6. The van der Waals surface area contributed by atoms with E-state index in [1.54, 1.807) is 0 Å². The number of allylic oxidation sites excluding steroid dienone is 2. The monoisotopic (exact) mass is 788 g/mol. The van der Waals surface area contributed by atoms with Gasteiger partial charge in [0, 0.05) is 31.3 Å². The largest absolute Gasteiger partial charge is 2.00 e. The zero-order chi connectivity index (χ0) is 34.5. The molecule has 0 unspecified atom stereocenters. The van der Waals surface area contributed by atoms with Gasteiger partial charge in [-0.15, -0.1) is 5.69 Å². The maximum Gasteiger partial charge on any atom is 2.00 e. The Balaban J connectivity index is 0.00000111. The molecule has 4 nitrogen and oxygen atoms in total. The van der Waals surface area contributed by atoms with E-state index in [4.69, 9.17) is 14.7 Å². The van der Waals surface area contributed by atoms with Crippen molar-refractivity contribution in [2.24, 2.45) is 0 Å². The van der Waals surface area contributed by atoms with E-state index in [0.717, 1.165) is 30.3 Å². The first-order valence-corrected chi connectivity index (χ1v) is 24.2. The molecule has 46 heavy (non-hydrogen) atoms. The summed E-state index contributed by atoms with van der Waals surface area (Å²) in [6.07, 6.45) is 4.72. The van der Waals surface area contributed by atoms with Crippen molar-refractivity contribution in [2.45, 2.75) is 145 Å². The van der Waals surface area contributed by atoms with E-state index in [1.165, 1.54) is 40.8 Å². The summed E-state index contributed by atoms with van der Waals surface area (Å²) in [5, 5.41) is 5.10. The maximum absolute atomic E-state index is 5.10. The average molecular weight is 788 g/mol. The molecule has 0 spiro atoms. The topological polar surface area (TPSA) is 51.4 Å². The quantitative estimate of drug-likeness (QED) is 0.189. The number of ether oxygens (including phenoxy) is 1. The fourth-order valence-electron chi connectivity index (χ4n) is 5.61. The predicted molar refractivity (Wildman–Crippen MR) is 213 cm³/mol. The van der Waals surface area contributed by atoms with Gasteiger partial charge in [0.15, 0.2) is 5.71 Å². The fraction of sp³-hybridized carbons (Fsp3) is 0.615. The minimum absolute atomic E-state index is 0. The first-order valence-electron chi connectivity index (χ1n) is 17.3. The smallest absolute Gasteiger partial charge is 0.668 e. The van der Waals surface area contributed by atoms with Crippen LogP contribution in [0.4, 0.5) is 11.4 Å². The van der Waals surface area contributed by atoms with Crippen molar-refractivity contribution in [1.29, 1.82) is 0 Å². The van der Waals surface area contributed by atoms with Gasteiger partial charge in [-0.25, -0.2) is 4.99 Å². The molecule has 1 saturated heterocycles. The van der Waals surface area contributed by atoms with Crippen LogP contribution in [-0.2, 0) is 4.74 Å². The number of nitrogens with zero attached hydrogens (tertiary/aromatic N) is 2. The summed E-state index contributed by atoms with van der Waals surface area (Å²) < 4.78 is 9.76. The summed E-state index contributed by atoms with van der Waals surface area (Å²) in [6.45, 7) is 38.0. The molecule has 0 saturated carbocycles. The molecule has 1 N–H and O–H groups in total. The Bertz CT molecular complexity index is 1160. The van der Waals surface area contributed by atoms with Gasteiger partial charge in [0.05, 0.1) is 0 Å². The molecular formula is C39H68BaN3OSi2+. The molecule has 1 fully saturated rings. The van der Waals surface area contributed by atoms with Crippen LogP contribution in [0, 0.1) is 0 Å². The minimum Gasteiger partial charge on any atom is -0.668 e. The van der Waals surface area contributed by atoms with Crippen LogP contribution in [0.1, 0.15) is 128 Å². The molecule has 1 aliphatic rings. The third kappa shape index (κ3) is 17.8. The first-order chi connectivity index (χ1) is 20.7. The van der Waals surface area contributed by atoms with Crippen molar-refractivity contribution in [3.63, 3.8) is 0 Å². The molecule has 0 radical (unpaired) electrons. The summed E-state index contributed by atoms with van der Waals surface area (Å²) in [5.74, 6) is 1.82. The van der Waals surface area contributed by atoms with Crippen LogP contribution in [0.5, 0.6) is 0 Å². The van der Waals surface area contributed by atoms with E-state index in [-0.39, 0.29) is 48.9 Å². The Labute approximate surface area is 327 Å². The number of hydrogen-bond acceptors (Lipinski definition) is 1. The molecule has 0 aromatic heterocycles. The van der Waals surface area contributed by atoms with Gasteiger partial charge in [0.25, 0.3) is 0 Å². The van der Waals surface area contributed by atoms with Crippen LogP contribution >= 0.6 is 0 Å². The van der Waals surface area contributed by atoms with Crippen molar-refractivity contribution in [3.8, 4) is 0 Å². The molecule has 2 aromatic carbocycles. The Hall–Kier alpha value is -0.425. The summed E-state index contributed by atoms with van der Waals surface area (Å²) in [4.78, 5) is 3.71. The van der Waals surface area contributed by atoms with Crippen molar-refractivity contribution in [1.82, 2.24) is 0 Å². The average Bonchev–Trinajstić information content (AvgIpc) is 3.47. The van der Waals surface area contributed by atoms with E-state index >= 15 is 0 Å². The van der Waals surface area contributed by atoms with E-state index in [1.807, 2.05) is 0 Å². The van der Waals surface area contributed by atoms with E-state index in [2.05, 4.69) is 156 Å². The third-order valence-electron chi connectivity index (χ3n) is 7.25. The maximum atomic E-state index is 5.10. The van der Waals surface area contributed by atoms with Gasteiger partial charge in [-0.05, 0) is 42.6 Å². The van der Waals surface area contributed by atoms with Crippen LogP contribution in [0.2, 0.25) is 39.3 Å². The Morgan fingerprint density at radius 3 is 1.33 bits per heavy atom. The van der Waals surface area contributed by atoms with Crippen LogP contribution in [0.15, 0.2) is 48.2 Å². The standard InChI is InChI=1S/C29H41N2.C6H18NSi2.C4H8O.Ba/c1-18(2)24-13-11-14-25(19(3)4)28(24)30-22(9)17-23(10)31-29-26(20(5)6)15-12-16-27(29)21(7)8;1-8(2,3)7-9(4,5)6;1-2-4-5-3-1;/h11-21H,1-10H3;1-6H3;1-4H2;/q2*-1;;+2/p+1/b22-17-,31-23?;;;. The Morgan fingerprint density at radius 1 is 0.674 bits per heavy atom. The zero-order valence-corrected chi connectivity index (χ0v) is 39.1. The molecule has 0 bridgehead atoms. The molecule has 2 aromatic rings. The Kier molecular flexibility index (Phi) is 21.4. The number of rotatable bonds is 10. The summed E-state index contributed by atoms with van der Waals surface area (Å²) in [6, 6.07) is 13.2. The van der Waals surface area contributed by atoms with Crippen LogP contribution in [-0.4, -0.2) is 84.3 Å². The summed E-state index contributed by atoms with van der Waals surface area (Å²) >= 11 is 0. The number of hydrogen-bond donors (Lipinski definition) is 1. The SMILES string of the molecule is C1CCOC1.CC(/C=C(/C)[N-]c1c(C(C)C)cccc1C(C)C)=[NH+]c1c(C(C)C)cccc1C(C)C.C[Si](C)(C)[N-][Si](C)(C)C.[Ba+2]. The number of benzene rings is 2.